The molecule has 5 fully saturated rings. The van der Waals surface area contributed by atoms with Gasteiger partial charge in [-0.1, -0.05) is 211 Å². The second kappa shape index (κ2) is 67.8. The van der Waals surface area contributed by atoms with Crippen LogP contribution in [0.3, 0.4) is 0 Å². The monoisotopic (exact) mass is 2170 g/mol. The van der Waals surface area contributed by atoms with Crippen molar-refractivity contribution in [2.75, 3.05) is 39.3 Å². The van der Waals surface area contributed by atoms with E-state index in [0.29, 0.717) is 70.9 Å². The van der Waals surface area contributed by atoms with Gasteiger partial charge in [0.05, 0.1) is 41.7 Å². The quantitative estimate of drug-likeness (QED) is 0.00841. The Bertz CT molecular complexity index is 5070. The first-order valence-electron chi connectivity index (χ1n) is 48.3. The Balaban J connectivity index is 0.000000610. The maximum absolute atomic E-state index is 13.4. The predicted molar refractivity (Wildman–Crippen MR) is 566 cm³/mol. The number of nitrogens with zero attached hydrogens (tertiary/aromatic N) is 3. The number of aryl methyl sites for hydroxylation is 3. The molecule has 0 radical (unpaired) electrons. The van der Waals surface area contributed by atoms with Crippen LogP contribution in [0, 0.1) is 89.0 Å². The van der Waals surface area contributed by atoms with E-state index in [4.69, 9.17) is 45.6 Å². The number of hydrogen-bond donors (Lipinski definition) is 7. The summed E-state index contributed by atoms with van der Waals surface area (Å²) in [5.74, 6) is -0.266. The average molecular weight is 2170 g/mol. The molecule has 8 N–H and O–H groups in total. The zero-order valence-corrected chi connectivity index (χ0v) is 90.8. The molecule has 9 aromatic rings. The topological polar surface area (TPSA) is 326 Å². The number of amides is 5. The number of nitrogens with one attached hydrogen (secondary N) is 5. The number of carbonyl (C=O) groups excluding carboxylic acids is 11. The van der Waals surface area contributed by atoms with Crippen molar-refractivity contribution < 1.29 is 96.8 Å². The maximum Gasteiger partial charge on any atom is 2.00 e. The Morgan fingerprint density at radius 3 is 0.791 bits per heavy atom. The molecule has 3 aromatic heterocycles. The van der Waals surface area contributed by atoms with E-state index in [1.54, 1.807) is 86.5 Å². The van der Waals surface area contributed by atoms with Crippen molar-refractivity contribution in [2.45, 2.75) is 284 Å². The van der Waals surface area contributed by atoms with Gasteiger partial charge in [-0.2, -0.15) is 0 Å². The van der Waals surface area contributed by atoms with E-state index in [9.17, 15) is 57.5 Å². The first-order valence-corrected chi connectivity index (χ1v) is 55.8. The number of carboxylic acid groups (broad SMARTS) is 1. The van der Waals surface area contributed by atoms with Crippen LogP contribution in [-0.2, 0) is 96.6 Å². The summed E-state index contributed by atoms with van der Waals surface area (Å²) in [4.78, 5) is 144. The van der Waals surface area contributed by atoms with Crippen molar-refractivity contribution >= 4 is 152 Å². The van der Waals surface area contributed by atoms with E-state index in [2.05, 4.69) is 26.6 Å². The van der Waals surface area contributed by atoms with E-state index in [1.165, 1.54) is 94.9 Å². The minimum Gasteiger partial charge on any atom is -0.481 e. The number of nitrogens with two attached hydrogens (primary N) is 1. The molecule has 3 heterocycles. The molecule has 764 valence electrons. The molecular weight excluding hydrogens is 2010 g/mol. The molecule has 5 aliphatic rings. The molecule has 0 spiro atoms. The summed E-state index contributed by atoms with van der Waals surface area (Å²) in [5.41, 5.74) is 17.8. The zero-order valence-electron chi connectivity index (χ0n) is 84.0. The number of aromatic nitrogens is 3. The molecule has 5 aliphatic carbocycles. The molecule has 28 heteroatoms. The van der Waals surface area contributed by atoms with E-state index in [-0.39, 0.29) is 148 Å². The average Bonchev–Trinajstić information content (AvgIpc) is 1.62. The number of carboxylic acids is 1. The zero-order chi connectivity index (χ0) is 96.2. The van der Waals surface area contributed by atoms with Crippen molar-refractivity contribution in [3.63, 3.8) is 0 Å². The predicted octanol–water partition coefficient (Wildman–Crippen LogP) is 23.4. The largest absolute Gasteiger partial charge is 2.00 e. The van der Waals surface area contributed by atoms with Crippen LogP contribution in [0.5, 0.6) is 0 Å². The summed E-state index contributed by atoms with van der Waals surface area (Å²) in [6, 6.07) is 38.5. The van der Waals surface area contributed by atoms with Crippen LogP contribution in [0.4, 0.5) is 0 Å². The number of halogens is 3. The van der Waals surface area contributed by atoms with Crippen LogP contribution in [-0.4, -0.2) is 142 Å². The van der Waals surface area contributed by atoms with Crippen molar-refractivity contribution in [2.24, 2.45) is 23.5 Å². The number of unbranched alkanes of at least 4 members (excludes halogenated alkanes) is 9. The van der Waals surface area contributed by atoms with Gasteiger partial charge in [0.25, 0.3) is 17.7 Å². The molecule has 5 amide bonds. The SMILES string of the molecule is C1CCCC1.C1CCCC1.C[Te](C=O)(C=O)C=O.Cc1ccc2c(c1)c(CC(=O)NCCCCCCN)c(C)n2C(=O)c1ccc(Cl)cc1.Cc1ccc2c(c1)c(CC(=O)NCCCCCCNC(=O)C1CCCC1)c(C)n2C(=O)c1ccc(Cl)cc1.Cc1ccc2c(c1)c(CC(=O)NCCCCCCNC(=O)C1CCCC1)c(C)n2C(=O)c1ccc(Cl)cc1.O=C(O)C1CCCC1.[CH3-].[CH3-].[CH3-].[CH3-].[Fe+2].[Fe+2]. The normalized spacial score (nSPS) is 13.6. The third-order valence-electron chi connectivity index (χ3n) is 25.5. The third-order valence-corrected chi connectivity index (χ3v) is 29.9. The first-order chi connectivity index (χ1) is 64.1. The number of carbonyl (C=O) groups is 12. The van der Waals surface area contributed by atoms with Gasteiger partial charge in [0.15, 0.2) is 0 Å². The molecule has 0 aliphatic heterocycles. The van der Waals surface area contributed by atoms with Crippen LogP contribution in [0.25, 0.3) is 32.7 Å². The van der Waals surface area contributed by atoms with Gasteiger partial charge in [0.1, 0.15) is 0 Å². The smallest absolute Gasteiger partial charge is 0.481 e. The van der Waals surface area contributed by atoms with Crippen LogP contribution < -0.4 is 32.3 Å². The Kier molecular flexibility index (Phi) is 61.7. The van der Waals surface area contributed by atoms with Gasteiger partial charge >= 0.3 is 90.6 Å². The van der Waals surface area contributed by atoms with Crippen LogP contribution in [0.1, 0.15) is 300 Å². The fourth-order valence-electron chi connectivity index (χ4n) is 17.7. The summed E-state index contributed by atoms with van der Waals surface area (Å²) >= 11 is 14.8. The number of aliphatic carboxylic acids is 1. The molecule has 0 bridgehead atoms. The molecule has 0 atom stereocenters. The minimum absolute atomic E-state index is 0. The number of hydrogen-bond acceptors (Lipinski definition) is 13. The standard InChI is InChI=1S/2C31H38ClN3O3.C25H30ClN3O2.C6H10O2.2C5H10.C4H6O3Te.4CH3.2Fe/c2*1-21-11-16-28-27(19-21)26(22(2)35(28)31(38)24-12-14-25(32)15-13-24)20-29(36)33-17-7-3-4-8-18-34-30(37)23-9-5-6-10-23;1-17-7-12-23-22(15-17)21(16-24(30)28-14-6-4-3-5-13-27)18(2)29(23)25(31)19-8-10-20(26)11-9-19;7-6(8)5-3-1-2-4-5;2*1-2-4-5-3-1;1-8(2-5,3-6)4-7;;;;;;/h2*11-16,19,23H,3-10,17-18,20H2,1-2H3,(H,33,36)(H,34,37);7-12,15H,3-6,13-14,16,27H2,1-2H3,(H,28,30);5H,1-4H2,(H,7,8);2*1-5H2;2-4H,1H3;4*1H3;;/q;;;;;;;4*-1;2*+2. The van der Waals surface area contributed by atoms with E-state index in [1.807, 2.05) is 96.1 Å². The molecule has 22 nitrogen and oxygen atoms in total. The number of fused-ring (bicyclic) bond motifs is 3. The fourth-order valence-corrected chi connectivity index (χ4v) is 18.5. The van der Waals surface area contributed by atoms with Crippen LogP contribution >= 0.6 is 34.8 Å². The molecule has 14 rings (SSSR count). The Labute approximate surface area is 868 Å². The summed E-state index contributed by atoms with van der Waals surface area (Å²) in [5, 5.41) is 28.2. The first kappa shape index (κ1) is 126. The summed E-state index contributed by atoms with van der Waals surface area (Å²) in [7, 11) is 0. The molecule has 6 aromatic carbocycles. The van der Waals surface area contributed by atoms with Gasteiger partial charge in [-0.25, -0.2) is 0 Å². The van der Waals surface area contributed by atoms with Gasteiger partial charge in [0.2, 0.25) is 29.5 Å². The van der Waals surface area contributed by atoms with E-state index < -0.39 is 24.1 Å². The van der Waals surface area contributed by atoms with Gasteiger partial charge in [0, 0.05) is 110 Å². The fraction of sp³-hybridized carbons (Fsp3) is 0.477. The Morgan fingerprint density at radius 1 is 0.345 bits per heavy atom. The number of rotatable bonds is 35. The Morgan fingerprint density at radius 2 is 0.576 bits per heavy atom. The van der Waals surface area contributed by atoms with Crippen LogP contribution in [0.2, 0.25) is 20.0 Å². The number of benzene rings is 6. The van der Waals surface area contributed by atoms with Gasteiger partial charge in [-0.15, -0.1) is 0 Å². The Hall–Kier alpha value is -8.56. The summed E-state index contributed by atoms with van der Waals surface area (Å²) in [6.45, 7) is 15.8. The molecule has 139 heavy (non-hydrogen) atoms. The molecule has 0 saturated heterocycles. The molecular formula is C111H154Cl3Fe2N9O13Te. The second-order valence-electron chi connectivity index (χ2n) is 36.1. The van der Waals surface area contributed by atoms with Gasteiger partial charge in [-0.3, -0.25) is 56.9 Å². The second-order valence-corrected chi connectivity index (χ2v) is 45.4. The van der Waals surface area contributed by atoms with Gasteiger partial charge in [-0.05, 0) is 251 Å². The molecule has 0 unspecified atom stereocenters. The molecule has 5 saturated carbocycles. The van der Waals surface area contributed by atoms with E-state index in [0.717, 1.165) is 225 Å². The van der Waals surface area contributed by atoms with Crippen LogP contribution in [0.15, 0.2) is 127 Å². The van der Waals surface area contributed by atoms with Crippen molar-refractivity contribution in [3.05, 3.63) is 239 Å². The third kappa shape index (κ3) is 41.0. The summed E-state index contributed by atoms with van der Waals surface area (Å²) in [6.07, 6.45) is 40.4. The van der Waals surface area contributed by atoms with E-state index >= 15 is 0 Å². The van der Waals surface area contributed by atoms with Crippen molar-refractivity contribution in [3.8, 4) is 0 Å². The van der Waals surface area contributed by atoms with Crippen molar-refractivity contribution in [1.82, 2.24) is 40.3 Å². The maximum atomic E-state index is 13.4. The van der Waals surface area contributed by atoms with Gasteiger partial charge < -0.3 is 67.1 Å². The minimum atomic E-state index is -3.19. The van der Waals surface area contributed by atoms with Crippen molar-refractivity contribution in [1.29, 1.82) is 0 Å². The summed E-state index contributed by atoms with van der Waals surface area (Å²) < 4.78 is 6.61.